The number of anilines is 1. The zero-order valence-electron chi connectivity index (χ0n) is 8.82. The van der Waals surface area contributed by atoms with Crippen molar-refractivity contribution in [1.82, 2.24) is 4.98 Å². The van der Waals surface area contributed by atoms with E-state index in [1.54, 1.807) is 12.3 Å². The number of aromatic hydroxyl groups is 1. The van der Waals surface area contributed by atoms with Crippen LogP contribution < -0.4 is 5.32 Å². The van der Waals surface area contributed by atoms with Crippen molar-refractivity contribution in [3.8, 4) is 5.75 Å². The van der Waals surface area contributed by atoms with Crippen molar-refractivity contribution < 1.29 is 9.50 Å². The van der Waals surface area contributed by atoms with Gasteiger partial charge >= 0.3 is 0 Å². The number of phenolic OH excluding ortho intramolecular Hbond substituents is 1. The smallest absolute Gasteiger partial charge is 0.123 e. The van der Waals surface area contributed by atoms with Gasteiger partial charge in [-0.2, -0.15) is 0 Å². The highest BCUT2D eigenvalue weighted by Crippen LogP contribution is 2.19. The highest BCUT2D eigenvalue weighted by molar-refractivity contribution is 9.10. The number of nitrogens with zero attached hydrogens (tertiary/aromatic N) is 1. The molecule has 0 aliphatic carbocycles. The second-order valence-corrected chi connectivity index (χ2v) is 4.31. The molecule has 2 rings (SSSR count). The van der Waals surface area contributed by atoms with Crippen molar-refractivity contribution in [1.29, 1.82) is 0 Å². The van der Waals surface area contributed by atoms with Crippen LogP contribution in [0.3, 0.4) is 0 Å². The fourth-order valence-corrected chi connectivity index (χ4v) is 1.61. The van der Waals surface area contributed by atoms with Crippen molar-refractivity contribution in [2.45, 2.75) is 6.54 Å². The van der Waals surface area contributed by atoms with Crippen LogP contribution in [0.15, 0.2) is 41.1 Å². The summed E-state index contributed by atoms with van der Waals surface area (Å²) in [6, 6.07) is 7.50. The molecule has 1 aromatic carbocycles. The van der Waals surface area contributed by atoms with Crippen molar-refractivity contribution in [3.05, 3.63) is 52.5 Å². The Morgan fingerprint density at radius 2 is 2.12 bits per heavy atom. The molecule has 0 aliphatic rings. The molecule has 0 amide bonds. The number of aromatic nitrogens is 1. The lowest BCUT2D eigenvalue weighted by Gasteiger charge is -2.07. The number of rotatable bonds is 3. The van der Waals surface area contributed by atoms with Crippen molar-refractivity contribution in [2.24, 2.45) is 0 Å². The Morgan fingerprint density at radius 1 is 1.29 bits per heavy atom. The fraction of sp³-hybridized carbons (Fsp3) is 0.0833. The highest BCUT2D eigenvalue weighted by Gasteiger charge is 2.02. The Morgan fingerprint density at radius 3 is 2.82 bits per heavy atom. The maximum atomic E-state index is 13.0. The van der Waals surface area contributed by atoms with Gasteiger partial charge in [0.1, 0.15) is 16.2 Å². The minimum atomic E-state index is -0.367. The molecular weight excluding hydrogens is 287 g/mol. The zero-order valence-corrected chi connectivity index (χ0v) is 10.4. The van der Waals surface area contributed by atoms with Gasteiger partial charge in [-0.3, -0.25) is 0 Å². The maximum absolute atomic E-state index is 13.0. The molecular formula is C12H10BrFN2O. The van der Waals surface area contributed by atoms with E-state index in [-0.39, 0.29) is 11.6 Å². The van der Waals surface area contributed by atoms with Gasteiger partial charge in [0.25, 0.3) is 0 Å². The number of hydrogen-bond acceptors (Lipinski definition) is 3. The number of halogens is 2. The predicted octanol–water partition coefficient (Wildman–Crippen LogP) is 3.30. The standard InChI is InChI=1S/C12H10BrFN2O/c13-12-4-2-10(7-16-12)15-6-8-5-9(14)1-3-11(8)17/h1-5,7,15,17H,6H2. The summed E-state index contributed by atoms with van der Waals surface area (Å²) in [6.07, 6.45) is 1.65. The molecule has 17 heavy (non-hydrogen) atoms. The van der Waals surface area contributed by atoms with Crippen LogP contribution in [-0.4, -0.2) is 10.1 Å². The van der Waals surface area contributed by atoms with Crippen LogP contribution in [-0.2, 0) is 6.54 Å². The quantitative estimate of drug-likeness (QED) is 0.854. The summed E-state index contributed by atoms with van der Waals surface area (Å²) >= 11 is 3.23. The third-order valence-electron chi connectivity index (χ3n) is 2.25. The van der Waals surface area contributed by atoms with Crippen LogP contribution in [0.4, 0.5) is 10.1 Å². The second kappa shape index (κ2) is 5.14. The molecule has 2 N–H and O–H groups in total. The van der Waals surface area contributed by atoms with E-state index in [4.69, 9.17) is 0 Å². The number of pyridine rings is 1. The van der Waals surface area contributed by atoms with Crippen LogP contribution >= 0.6 is 15.9 Å². The third-order valence-corrected chi connectivity index (χ3v) is 2.72. The van der Waals surface area contributed by atoms with Gasteiger partial charge in [0.05, 0.1) is 11.9 Å². The molecule has 0 unspecified atom stereocenters. The van der Waals surface area contributed by atoms with Gasteiger partial charge in [-0.25, -0.2) is 9.37 Å². The molecule has 0 saturated heterocycles. The first-order valence-electron chi connectivity index (χ1n) is 4.98. The summed E-state index contributed by atoms with van der Waals surface area (Å²) in [4.78, 5) is 4.05. The van der Waals surface area contributed by atoms with E-state index in [0.29, 0.717) is 12.1 Å². The molecule has 1 aromatic heterocycles. The molecule has 0 bridgehead atoms. The lowest BCUT2D eigenvalue weighted by molar-refractivity contribution is 0.466. The molecule has 0 saturated carbocycles. The minimum Gasteiger partial charge on any atom is -0.508 e. The Balaban J connectivity index is 2.07. The van der Waals surface area contributed by atoms with E-state index >= 15 is 0 Å². The lowest BCUT2D eigenvalue weighted by Crippen LogP contribution is -2.00. The number of benzene rings is 1. The molecule has 0 atom stereocenters. The van der Waals surface area contributed by atoms with E-state index in [1.165, 1.54) is 18.2 Å². The molecule has 88 valence electrons. The number of nitrogens with one attached hydrogen (secondary N) is 1. The van der Waals surface area contributed by atoms with Gasteiger partial charge < -0.3 is 10.4 Å². The molecule has 0 aliphatic heterocycles. The van der Waals surface area contributed by atoms with Gasteiger partial charge in [0.15, 0.2) is 0 Å². The van der Waals surface area contributed by atoms with E-state index < -0.39 is 0 Å². The average molecular weight is 297 g/mol. The van der Waals surface area contributed by atoms with Gasteiger partial charge in [-0.15, -0.1) is 0 Å². The van der Waals surface area contributed by atoms with Crippen LogP contribution in [0.5, 0.6) is 5.75 Å². The van der Waals surface area contributed by atoms with Crippen LogP contribution in [0.2, 0.25) is 0 Å². The first-order valence-corrected chi connectivity index (χ1v) is 5.77. The summed E-state index contributed by atoms with van der Waals surface area (Å²) in [7, 11) is 0. The molecule has 0 spiro atoms. The molecule has 5 heteroatoms. The Kier molecular flexibility index (Phi) is 3.58. The van der Waals surface area contributed by atoms with E-state index in [0.717, 1.165) is 10.3 Å². The SMILES string of the molecule is Oc1ccc(F)cc1CNc1ccc(Br)nc1. The fourth-order valence-electron chi connectivity index (χ4n) is 1.37. The summed E-state index contributed by atoms with van der Waals surface area (Å²) in [5, 5.41) is 12.6. The first kappa shape index (κ1) is 11.9. The number of phenols is 1. The topological polar surface area (TPSA) is 45.1 Å². The van der Waals surface area contributed by atoms with Crippen molar-refractivity contribution in [3.63, 3.8) is 0 Å². The van der Waals surface area contributed by atoms with Gasteiger partial charge in [0, 0.05) is 12.1 Å². The highest BCUT2D eigenvalue weighted by atomic mass is 79.9. The average Bonchev–Trinajstić information content (AvgIpc) is 2.32. The third kappa shape index (κ3) is 3.17. The van der Waals surface area contributed by atoms with E-state index in [1.807, 2.05) is 6.07 Å². The molecule has 3 nitrogen and oxygen atoms in total. The summed E-state index contributed by atoms with van der Waals surface area (Å²) in [5.41, 5.74) is 1.31. The molecule has 0 radical (unpaired) electrons. The van der Waals surface area contributed by atoms with E-state index in [2.05, 4.69) is 26.2 Å². The minimum absolute atomic E-state index is 0.0731. The molecule has 0 fully saturated rings. The largest absolute Gasteiger partial charge is 0.508 e. The first-order chi connectivity index (χ1) is 8.15. The number of hydrogen-bond donors (Lipinski definition) is 2. The zero-order chi connectivity index (χ0) is 12.3. The summed E-state index contributed by atoms with van der Waals surface area (Å²) in [5.74, 6) is -0.294. The Bertz CT molecular complexity index is 516. The normalized spacial score (nSPS) is 10.2. The monoisotopic (exact) mass is 296 g/mol. The van der Waals surface area contributed by atoms with Gasteiger partial charge in [0.2, 0.25) is 0 Å². The van der Waals surface area contributed by atoms with Crippen LogP contribution in [0.1, 0.15) is 5.56 Å². The van der Waals surface area contributed by atoms with Crippen molar-refractivity contribution >= 4 is 21.6 Å². The van der Waals surface area contributed by atoms with Gasteiger partial charge in [-0.1, -0.05) is 0 Å². The Hall–Kier alpha value is -1.62. The Labute approximate surface area is 106 Å². The van der Waals surface area contributed by atoms with E-state index in [9.17, 15) is 9.50 Å². The molecule has 2 aromatic rings. The van der Waals surface area contributed by atoms with Crippen LogP contribution in [0.25, 0.3) is 0 Å². The maximum Gasteiger partial charge on any atom is 0.123 e. The van der Waals surface area contributed by atoms with Gasteiger partial charge in [-0.05, 0) is 46.3 Å². The molecule has 1 heterocycles. The van der Waals surface area contributed by atoms with Crippen molar-refractivity contribution in [2.75, 3.05) is 5.32 Å². The lowest BCUT2D eigenvalue weighted by atomic mass is 10.2. The summed E-state index contributed by atoms with van der Waals surface area (Å²) < 4.78 is 13.7. The predicted molar refractivity (Wildman–Crippen MR) is 67.3 cm³/mol. The second-order valence-electron chi connectivity index (χ2n) is 3.50. The van der Waals surface area contributed by atoms with Crippen LogP contribution in [0, 0.1) is 5.82 Å². The summed E-state index contributed by atoms with van der Waals surface area (Å²) in [6.45, 7) is 0.340.